The van der Waals surface area contributed by atoms with Crippen LogP contribution in [0.3, 0.4) is 0 Å². The van der Waals surface area contributed by atoms with Crippen LogP contribution in [0.25, 0.3) is 0 Å². The van der Waals surface area contributed by atoms with E-state index < -0.39 is 17.8 Å². The second kappa shape index (κ2) is 6.54. The summed E-state index contributed by atoms with van der Waals surface area (Å²) in [6.45, 7) is 0.566. The molecule has 1 atom stereocenters. The second-order valence-corrected chi connectivity index (χ2v) is 4.98. The largest absolute Gasteiger partial charge is 0.416 e. The maximum Gasteiger partial charge on any atom is 0.416 e. The van der Waals surface area contributed by atoms with Gasteiger partial charge in [0.05, 0.1) is 5.56 Å². The lowest BCUT2D eigenvalue weighted by atomic mass is 10.00. The third-order valence-electron chi connectivity index (χ3n) is 2.69. The highest BCUT2D eigenvalue weighted by Crippen LogP contribution is 2.34. The summed E-state index contributed by atoms with van der Waals surface area (Å²) in [5.74, 6) is 0. The Morgan fingerprint density at radius 2 is 1.89 bits per heavy atom. The highest BCUT2D eigenvalue weighted by atomic mass is 79.9. The van der Waals surface area contributed by atoms with Crippen LogP contribution in [0, 0.1) is 0 Å². The van der Waals surface area contributed by atoms with Gasteiger partial charge in [-0.3, -0.25) is 0 Å². The molecule has 2 nitrogen and oxygen atoms in total. The van der Waals surface area contributed by atoms with Crippen LogP contribution in [0.15, 0.2) is 22.7 Å². The van der Waals surface area contributed by atoms with Crippen LogP contribution in [0.4, 0.5) is 13.2 Å². The third kappa shape index (κ3) is 4.26. The van der Waals surface area contributed by atoms with Crippen molar-refractivity contribution in [2.24, 2.45) is 11.5 Å². The Hall–Kier alpha value is -0.590. The van der Waals surface area contributed by atoms with Crippen LogP contribution >= 0.6 is 15.9 Å². The molecule has 0 saturated carbocycles. The van der Waals surface area contributed by atoms with Crippen molar-refractivity contribution in [2.45, 2.75) is 31.5 Å². The molecular formula is C12H16BrF3N2. The van der Waals surface area contributed by atoms with Gasteiger partial charge in [-0.2, -0.15) is 13.2 Å². The van der Waals surface area contributed by atoms with Crippen molar-refractivity contribution in [3.63, 3.8) is 0 Å². The molecule has 0 aliphatic carbocycles. The molecule has 0 radical (unpaired) electrons. The standard InChI is InChI=1S/C12H16BrF3N2/c13-10-5-4-8(12(14,15)16)7-9(10)11(18)3-1-2-6-17/h4-5,7,11H,1-3,6,17-18H2/t11-/m1/s1. The van der Waals surface area contributed by atoms with Crippen molar-refractivity contribution in [1.29, 1.82) is 0 Å². The van der Waals surface area contributed by atoms with Crippen molar-refractivity contribution in [3.05, 3.63) is 33.8 Å². The molecule has 0 bridgehead atoms. The van der Waals surface area contributed by atoms with Crippen molar-refractivity contribution in [3.8, 4) is 0 Å². The summed E-state index contributed by atoms with van der Waals surface area (Å²) >= 11 is 3.23. The lowest BCUT2D eigenvalue weighted by Crippen LogP contribution is -2.14. The highest BCUT2D eigenvalue weighted by Gasteiger charge is 2.31. The molecule has 102 valence electrons. The average molecular weight is 325 g/mol. The number of rotatable bonds is 5. The molecule has 18 heavy (non-hydrogen) atoms. The molecule has 4 N–H and O–H groups in total. The van der Waals surface area contributed by atoms with E-state index in [1.54, 1.807) is 0 Å². The van der Waals surface area contributed by atoms with Gasteiger partial charge in [0.2, 0.25) is 0 Å². The van der Waals surface area contributed by atoms with Gasteiger partial charge in [-0.15, -0.1) is 0 Å². The van der Waals surface area contributed by atoms with Gasteiger partial charge in [-0.25, -0.2) is 0 Å². The van der Waals surface area contributed by atoms with Gasteiger partial charge in [0, 0.05) is 10.5 Å². The van der Waals surface area contributed by atoms with E-state index in [0.29, 0.717) is 23.0 Å². The SMILES string of the molecule is NCCCC[C@@H](N)c1cc(C(F)(F)F)ccc1Br. The summed E-state index contributed by atoms with van der Waals surface area (Å²) < 4.78 is 38.4. The summed E-state index contributed by atoms with van der Waals surface area (Å²) in [6.07, 6.45) is -2.09. The fourth-order valence-electron chi connectivity index (χ4n) is 1.67. The van der Waals surface area contributed by atoms with E-state index in [2.05, 4.69) is 15.9 Å². The smallest absolute Gasteiger partial charge is 0.330 e. The summed E-state index contributed by atoms with van der Waals surface area (Å²) in [5, 5.41) is 0. The molecule has 0 aliphatic heterocycles. The van der Waals surface area contributed by atoms with E-state index in [1.807, 2.05) is 0 Å². The third-order valence-corrected chi connectivity index (χ3v) is 3.41. The molecule has 6 heteroatoms. The Bertz CT molecular complexity index is 393. The minimum Gasteiger partial charge on any atom is -0.330 e. The monoisotopic (exact) mass is 324 g/mol. The molecule has 1 aromatic rings. The predicted molar refractivity (Wildman–Crippen MR) is 69.0 cm³/mol. The Morgan fingerprint density at radius 1 is 1.22 bits per heavy atom. The second-order valence-electron chi connectivity index (χ2n) is 4.13. The Balaban J connectivity index is 2.86. The minimum atomic E-state index is -4.34. The van der Waals surface area contributed by atoms with Gasteiger partial charge in [0.25, 0.3) is 0 Å². The molecule has 0 aromatic heterocycles. The van der Waals surface area contributed by atoms with E-state index >= 15 is 0 Å². The van der Waals surface area contributed by atoms with Gasteiger partial charge < -0.3 is 11.5 Å². The maximum atomic E-state index is 12.6. The van der Waals surface area contributed by atoms with Crippen LogP contribution < -0.4 is 11.5 Å². The first-order chi connectivity index (χ1) is 8.36. The number of benzene rings is 1. The lowest BCUT2D eigenvalue weighted by molar-refractivity contribution is -0.137. The van der Waals surface area contributed by atoms with Gasteiger partial charge in [0.1, 0.15) is 0 Å². The topological polar surface area (TPSA) is 52.0 Å². The van der Waals surface area contributed by atoms with Crippen molar-refractivity contribution in [1.82, 2.24) is 0 Å². The molecule has 1 rings (SSSR count). The first kappa shape index (κ1) is 15.5. The number of alkyl halides is 3. The fraction of sp³-hybridized carbons (Fsp3) is 0.500. The van der Waals surface area contributed by atoms with Crippen LogP contribution in [-0.2, 0) is 6.18 Å². The quantitative estimate of drug-likeness (QED) is 0.813. The molecule has 0 saturated heterocycles. The highest BCUT2D eigenvalue weighted by molar-refractivity contribution is 9.10. The van der Waals surface area contributed by atoms with E-state index in [-0.39, 0.29) is 0 Å². The summed E-state index contributed by atoms with van der Waals surface area (Å²) in [6, 6.07) is 3.13. The van der Waals surface area contributed by atoms with E-state index in [4.69, 9.17) is 11.5 Å². The zero-order valence-electron chi connectivity index (χ0n) is 9.80. The number of hydrogen-bond donors (Lipinski definition) is 2. The number of halogens is 4. The van der Waals surface area contributed by atoms with Gasteiger partial charge in [-0.1, -0.05) is 22.4 Å². The number of hydrogen-bond acceptors (Lipinski definition) is 2. The van der Waals surface area contributed by atoms with E-state index in [0.717, 1.165) is 25.0 Å². The van der Waals surface area contributed by atoms with Crippen molar-refractivity contribution in [2.75, 3.05) is 6.54 Å². The molecule has 0 fully saturated rings. The van der Waals surface area contributed by atoms with Gasteiger partial charge >= 0.3 is 6.18 Å². The molecule has 1 aromatic carbocycles. The molecule has 0 spiro atoms. The Morgan fingerprint density at radius 3 is 2.44 bits per heavy atom. The summed E-state index contributed by atoms with van der Waals surface area (Å²) in [7, 11) is 0. The van der Waals surface area contributed by atoms with Crippen molar-refractivity contribution >= 4 is 15.9 Å². The zero-order valence-corrected chi connectivity index (χ0v) is 11.4. The molecule has 0 unspecified atom stereocenters. The van der Waals surface area contributed by atoms with E-state index in [1.165, 1.54) is 6.07 Å². The van der Waals surface area contributed by atoms with Crippen LogP contribution in [-0.4, -0.2) is 6.54 Å². The number of nitrogens with two attached hydrogens (primary N) is 2. The van der Waals surface area contributed by atoms with Crippen LogP contribution in [0.2, 0.25) is 0 Å². The minimum absolute atomic E-state index is 0.409. The first-order valence-electron chi connectivity index (χ1n) is 5.68. The summed E-state index contributed by atoms with van der Waals surface area (Å²) in [5.41, 5.74) is 11.1. The lowest BCUT2D eigenvalue weighted by Gasteiger charge is -2.16. The molecule has 0 amide bonds. The summed E-state index contributed by atoms with van der Waals surface area (Å²) in [4.78, 5) is 0. The molecule has 0 aliphatic rings. The molecular weight excluding hydrogens is 309 g/mol. The van der Waals surface area contributed by atoms with Gasteiger partial charge in [-0.05, 0) is 43.1 Å². The van der Waals surface area contributed by atoms with Crippen LogP contribution in [0.5, 0.6) is 0 Å². The van der Waals surface area contributed by atoms with Crippen molar-refractivity contribution < 1.29 is 13.2 Å². The Labute approximate surface area is 113 Å². The molecule has 0 heterocycles. The zero-order chi connectivity index (χ0) is 13.8. The number of unbranched alkanes of at least 4 members (excludes halogenated alkanes) is 1. The normalized spacial score (nSPS) is 13.7. The first-order valence-corrected chi connectivity index (χ1v) is 6.48. The fourth-order valence-corrected chi connectivity index (χ4v) is 2.21. The average Bonchev–Trinajstić information content (AvgIpc) is 2.28. The van der Waals surface area contributed by atoms with Crippen LogP contribution in [0.1, 0.15) is 36.4 Å². The van der Waals surface area contributed by atoms with E-state index in [9.17, 15) is 13.2 Å². The Kier molecular flexibility index (Phi) is 5.62. The van der Waals surface area contributed by atoms with Gasteiger partial charge in [0.15, 0.2) is 0 Å². The predicted octanol–water partition coefficient (Wildman–Crippen LogP) is 3.60. The maximum absolute atomic E-state index is 12.6.